The van der Waals surface area contributed by atoms with E-state index >= 15 is 0 Å². The number of nitro benzene ring substituents is 2. The molecule has 0 unspecified atom stereocenters. The maximum Gasteiger partial charge on any atom is 0.301 e. The van der Waals surface area contributed by atoms with Crippen molar-refractivity contribution in [1.29, 1.82) is 0 Å². The zero-order valence-corrected chi connectivity index (χ0v) is 13.2. The molecule has 2 rings (SSSR count). The third-order valence-corrected chi connectivity index (χ3v) is 3.54. The minimum absolute atomic E-state index is 0.0681. The summed E-state index contributed by atoms with van der Waals surface area (Å²) in [5.41, 5.74) is 2.98. The molecule has 0 spiro atoms. The summed E-state index contributed by atoms with van der Waals surface area (Å²) in [5.74, 6) is 0.0681. The predicted molar refractivity (Wildman–Crippen MR) is 95.9 cm³/mol. The van der Waals surface area contributed by atoms with Crippen LogP contribution < -0.4 is 5.43 Å². The first-order valence-corrected chi connectivity index (χ1v) is 7.40. The van der Waals surface area contributed by atoms with Crippen LogP contribution in [0.5, 0.6) is 0 Å². The van der Waals surface area contributed by atoms with Gasteiger partial charge in [-0.1, -0.05) is 36.4 Å². The van der Waals surface area contributed by atoms with Crippen molar-refractivity contribution in [3.05, 3.63) is 87.0 Å². The van der Waals surface area contributed by atoms with Crippen LogP contribution in [0, 0.1) is 20.2 Å². The van der Waals surface area contributed by atoms with E-state index in [9.17, 15) is 20.2 Å². The lowest BCUT2D eigenvalue weighted by molar-refractivity contribution is -0.393. The molecule has 0 amide bonds. The fourth-order valence-corrected chi connectivity index (χ4v) is 2.23. The molecule has 0 saturated carbocycles. The maximum atomic E-state index is 11.0. The fraction of sp³-hybridized carbons (Fsp3) is 0.118. The highest BCUT2D eigenvalue weighted by Gasteiger charge is 2.19. The second-order valence-corrected chi connectivity index (χ2v) is 5.13. The summed E-state index contributed by atoms with van der Waals surface area (Å²) in [4.78, 5) is 20.4. The van der Waals surface area contributed by atoms with Crippen molar-refractivity contribution in [2.24, 2.45) is 5.10 Å². The van der Waals surface area contributed by atoms with Crippen molar-refractivity contribution < 1.29 is 9.85 Å². The van der Waals surface area contributed by atoms with Gasteiger partial charge in [-0.3, -0.25) is 25.7 Å². The molecule has 1 N–H and O–H groups in total. The van der Waals surface area contributed by atoms with Crippen molar-refractivity contribution in [2.45, 2.75) is 12.3 Å². The Hall–Kier alpha value is -3.55. The van der Waals surface area contributed by atoms with Gasteiger partial charge in [0.05, 0.1) is 15.9 Å². The van der Waals surface area contributed by atoms with Crippen LogP contribution in [0.25, 0.3) is 0 Å². The molecule has 0 saturated heterocycles. The molecule has 0 aliphatic rings. The van der Waals surface area contributed by atoms with E-state index < -0.39 is 15.5 Å². The minimum atomic E-state index is -0.693. The molecule has 0 fully saturated rings. The highest BCUT2D eigenvalue weighted by atomic mass is 16.6. The Morgan fingerprint density at radius 1 is 1.12 bits per heavy atom. The van der Waals surface area contributed by atoms with Gasteiger partial charge in [0.25, 0.3) is 5.69 Å². The molecule has 0 aliphatic heterocycles. The Kier molecular flexibility index (Phi) is 5.94. The van der Waals surface area contributed by atoms with Gasteiger partial charge in [0.2, 0.25) is 0 Å². The number of hydrogen-bond acceptors (Lipinski definition) is 6. The van der Waals surface area contributed by atoms with E-state index in [1.165, 1.54) is 12.1 Å². The number of nitro groups is 2. The van der Waals surface area contributed by atoms with Crippen molar-refractivity contribution in [3.8, 4) is 0 Å². The third-order valence-electron chi connectivity index (χ3n) is 3.54. The number of non-ortho nitro benzene ring substituents is 1. The maximum absolute atomic E-state index is 11.0. The van der Waals surface area contributed by atoms with Crippen LogP contribution in [-0.2, 0) is 0 Å². The number of nitrogens with one attached hydrogen (secondary N) is 1. The van der Waals surface area contributed by atoms with Crippen LogP contribution in [0.1, 0.15) is 17.9 Å². The van der Waals surface area contributed by atoms with E-state index in [4.69, 9.17) is 0 Å². The van der Waals surface area contributed by atoms with Crippen molar-refractivity contribution in [3.63, 3.8) is 0 Å². The van der Waals surface area contributed by atoms with E-state index in [0.717, 1.165) is 11.6 Å². The van der Waals surface area contributed by atoms with Gasteiger partial charge >= 0.3 is 5.69 Å². The zero-order valence-electron chi connectivity index (χ0n) is 13.2. The second kappa shape index (κ2) is 8.34. The molecule has 8 nitrogen and oxygen atoms in total. The summed E-state index contributed by atoms with van der Waals surface area (Å²) < 4.78 is 0. The Balaban J connectivity index is 2.07. The van der Waals surface area contributed by atoms with Crippen molar-refractivity contribution in [1.82, 2.24) is 0 Å². The van der Waals surface area contributed by atoms with Crippen molar-refractivity contribution >= 4 is 23.3 Å². The molecular weight excluding hydrogens is 324 g/mol. The molecule has 0 heterocycles. The largest absolute Gasteiger partial charge is 0.301 e. The number of hydrazone groups is 1. The van der Waals surface area contributed by atoms with Crippen LogP contribution in [0.15, 0.2) is 66.3 Å². The number of anilines is 1. The zero-order chi connectivity index (χ0) is 18.2. The standard InChI is InChI=1S/C17H16N4O4/c1-2-13(14-6-4-3-5-7-14)10-11-18-19-16-9-8-15(20(22)23)12-17(16)21(24)25/h2-9,11-13,19H,1,10H2/t13-/m0/s1. The van der Waals surface area contributed by atoms with Crippen molar-refractivity contribution in [2.75, 3.05) is 5.43 Å². The average Bonchev–Trinajstić information content (AvgIpc) is 2.62. The number of benzene rings is 2. The van der Waals surface area contributed by atoms with E-state index in [0.29, 0.717) is 6.42 Å². The molecule has 0 aromatic heterocycles. The van der Waals surface area contributed by atoms with Crippen LogP contribution in [0.3, 0.4) is 0 Å². The topological polar surface area (TPSA) is 111 Å². The van der Waals surface area contributed by atoms with Gasteiger partial charge in [0.15, 0.2) is 0 Å². The minimum Gasteiger partial charge on any atom is -0.272 e. The Labute approximate surface area is 143 Å². The first kappa shape index (κ1) is 17.8. The van der Waals surface area contributed by atoms with E-state index in [1.807, 2.05) is 30.3 Å². The lowest BCUT2D eigenvalue weighted by atomic mass is 9.97. The molecule has 128 valence electrons. The summed E-state index contributed by atoms with van der Waals surface area (Å²) in [6.45, 7) is 3.80. The first-order chi connectivity index (χ1) is 12.0. The Morgan fingerprint density at radius 3 is 2.44 bits per heavy atom. The molecular formula is C17H16N4O4. The van der Waals surface area contributed by atoms with Gasteiger partial charge < -0.3 is 0 Å². The van der Waals surface area contributed by atoms with Crippen LogP contribution >= 0.6 is 0 Å². The Bertz CT molecular complexity index is 806. The lowest BCUT2D eigenvalue weighted by Gasteiger charge is -2.09. The third kappa shape index (κ3) is 4.71. The monoisotopic (exact) mass is 340 g/mol. The quantitative estimate of drug-likeness (QED) is 0.334. The molecule has 0 aliphatic carbocycles. The number of nitrogens with zero attached hydrogens (tertiary/aromatic N) is 3. The molecule has 8 heteroatoms. The summed E-state index contributed by atoms with van der Waals surface area (Å²) in [6.07, 6.45) is 3.95. The van der Waals surface area contributed by atoms with Crippen LogP contribution in [0.4, 0.5) is 17.1 Å². The number of hydrogen-bond donors (Lipinski definition) is 1. The fourth-order valence-electron chi connectivity index (χ4n) is 2.23. The molecule has 2 aromatic rings. The van der Waals surface area contributed by atoms with Gasteiger partial charge in [-0.15, -0.1) is 6.58 Å². The van der Waals surface area contributed by atoms with E-state index in [-0.39, 0.29) is 17.3 Å². The van der Waals surface area contributed by atoms with E-state index in [2.05, 4.69) is 17.1 Å². The molecule has 25 heavy (non-hydrogen) atoms. The SMILES string of the molecule is C=C[C@@H](CC=NNc1ccc([N+](=O)[O-])cc1[N+](=O)[O-])c1ccccc1. The first-order valence-electron chi connectivity index (χ1n) is 7.40. The summed E-state index contributed by atoms with van der Waals surface area (Å²) >= 11 is 0. The normalized spacial score (nSPS) is 11.8. The van der Waals surface area contributed by atoms with Gasteiger partial charge in [0.1, 0.15) is 5.69 Å². The lowest BCUT2D eigenvalue weighted by Crippen LogP contribution is -2.00. The number of allylic oxidation sites excluding steroid dienone is 1. The summed E-state index contributed by atoms with van der Waals surface area (Å²) in [6, 6.07) is 13.1. The average molecular weight is 340 g/mol. The molecule has 2 aromatic carbocycles. The Morgan fingerprint density at radius 2 is 1.84 bits per heavy atom. The molecule has 0 bridgehead atoms. The smallest absolute Gasteiger partial charge is 0.272 e. The number of rotatable bonds is 8. The second-order valence-electron chi connectivity index (χ2n) is 5.13. The van der Waals surface area contributed by atoms with Gasteiger partial charge in [-0.25, -0.2) is 0 Å². The van der Waals surface area contributed by atoms with Gasteiger partial charge in [-0.05, 0) is 18.1 Å². The summed E-state index contributed by atoms with van der Waals surface area (Å²) in [7, 11) is 0. The van der Waals surface area contributed by atoms with E-state index in [1.54, 1.807) is 12.3 Å². The highest BCUT2D eigenvalue weighted by Crippen LogP contribution is 2.29. The van der Waals surface area contributed by atoms with Gasteiger partial charge in [-0.2, -0.15) is 5.10 Å². The molecule has 0 radical (unpaired) electrons. The van der Waals surface area contributed by atoms with Crippen LogP contribution in [0.2, 0.25) is 0 Å². The molecule has 1 atom stereocenters. The highest BCUT2D eigenvalue weighted by molar-refractivity contribution is 5.67. The predicted octanol–water partition coefficient (Wildman–Crippen LogP) is 4.26. The van der Waals surface area contributed by atoms with Crippen LogP contribution in [-0.4, -0.2) is 16.1 Å². The summed E-state index contributed by atoms with van der Waals surface area (Å²) in [5, 5.41) is 25.7. The van der Waals surface area contributed by atoms with Gasteiger partial charge in [0, 0.05) is 18.2 Å².